The van der Waals surface area contributed by atoms with Gasteiger partial charge in [-0.3, -0.25) is 9.97 Å². The number of fused-ring (bicyclic) bond motifs is 1. The van der Waals surface area contributed by atoms with Gasteiger partial charge in [0.05, 0.1) is 22.8 Å². The molecule has 0 bridgehead atoms. The second-order valence-corrected chi connectivity index (χ2v) is 11.4. The second kappa shape index (κ2) is 13.4. The standard InChI is InChI=1S/C44H33N3/c1-3-4-5-11-31(2)38-28-43(41-16-8-9-27-45-41)47-44(29-38)42-26-25-37(30-46-42)34-19-17-32(18-20-34)33-21-23-36(24-22-33)40-15-10-13-35-12-6-7-14-39(35)40/h3-30H,1H2,2H3/b5-4-,31-11+. The van der Waals surface area contributed by atoms with Gasteiger partial charge in [-0.05, 0) is 87.0 Å². The van der Waals surface area contributed by atoms with Crippen LogP contribution in [0.5, 0.6) is 0 Å². The van der Waals surface area contributed by atoms with Gasteiger partial charge in [-0.25, -0.2) is 4.98 Å². The summed E-state index contributed by atoms with van der Waals surface area (Å²) >= 11 is 0. The molecule has 3 heterocycles. The molecule has 0 amide bonds. The zero-order chi connectivity index (χ0) is 32.0. The first-order chi connectivity index (χ1) is 23.2. The highest BCUT2D eigenvalue weighted by molar-refractivity contribution is 5.96. The van der Waals surface area contributed by atoms with Crippen LogP contribution in [0.15, 0.2) is 177 Å². The third kappa shape index (κ3) is 6.47. The minimum atomic E-state index is 0.803. The highest BCUT2D eigenvalue weighted by atomic mass is 14.8. The van der Waals surface area contributed by atoms with Crippen molar-refractivity contribution in [2.24, 2.45) is 0 Å². The summed E-state index contributed by atoms with van der Waals surface area (Å²) in [5, 5.41) is 2.53. The van der Waals surface area contributed by atoms with Gasteiger partial charge in [0.25, 0.3) is 0 Å². The van der Waals surface area contributed by atoms with Crippen LogP contribution in [-0.4, -0.2) is 15.0 Å². The van der Waals surface area contributed by atoms with Gasteiger partial charge in [-0.1, -0.05) is 134 Å². The van der Waals surface area contributed by atoms with Crippen molar-refractivity contribution in [3.63, 3.8) is 0 Å². The summed E-state index contributed by atoms with van der Waals surface area (Å²) in [5.74, 6) is 0. The molecule has 7 aromatic rings. The van der Waals surface area contributed by atoms with Crippen molar-refractivity contribution in [1.82, 2.24) is 15.0 Å². The second-order valence-electron chi connectivity index (χ2n) is 11.4. The molecule has 0 unspecified atom stereocenters. The molecule has 0 radical (unpaired) electrons. The van der Waals surface area contributed by atoms with E-state index in [-0.39, 0.29) is 0 Å². The van der Waals surface area contributed by atoms with Crippen LogP contribution in [0.3, 0.4) is 0 Å². The van der Waals surface area contributed by atoms with E-state index < -0.39 is 0 Å². The van der Waals surface area contributed by atoms with Crippen molar-refractivity contribution >= 4 is 16.3 Å². The molecular weight excluding hydrogens is 571 g/mol. The smallest absolute Gasteiger partial charge is 0.0900 e. The summed E-state index contributed by atoms with van der Waals surface area (Å²) in [6.45, 7) is 5.85. The van der Waals surface area contributed by atoms with E-state index in [2.05, 4.69) is 134 Å². The highest BCUT2D eigenvalue weighted by Gasteiger charge is 2.11. The summed E-state index contributed by atoms with van der Waals surface area (Å²) in [6, 6.07) is 46.7. The molecule has 47 heavy (non-hydrogen) atoms. The van der Waals surface area contributed by atoms with Crippen LogP contribution in [0, 0.1) is 0 Å². The lowest BCUT2D eigenvalue weighted by atomic mass is 9.95. The number of hydrogen-bond donors (Lipinski definition) is 0. The van der Waals surface area contributed by atoms with Gasteiger partial charge < -0.3 is 0 Å². The average molecular weight is 604 g/mol. The van der Waals surface area contributed by atoms with E-state index in [1.165, 1.54) is 33.0 Å². The van der Waals surface area contributed by atoms with Crippen molar-refractivity contribution in [2.75, 3.05) is 0 Å². The van der Waals surface area contributed by atoms with Gasteiger partial charge in [-0.15, -0.1) is 0 Å². The topological polar surface area (TPSA) is 38.7 Å². The van der Waals surface area contributed by atoms with E-state index in [0.29, 0.717) is 0 Å². The Morgan fingerprint density at radius 2 is 1.17 bits per heavy atom. The Labute approximate surface area is 276 Å². The summed E-state index contributed by atoms with van der Waals surface area (Å²) < 4.78 is 0. The number of rotatable bonds is 8. The SMILES string of the molecule is C=C/C=C\C=C(/C)c1cc(-c2ccccn2)nc(-c2ccc(-c3ccc(-c4ccc(-c5cccc6ccccc56)cc4)cc3)cn2)c1. The van der Waals surface area contributed by atoms with E-state index in [0.717, 1.165) is 45.0 Å². The van der Waals surface area contributed by atoms with Gasteiger partial charge in [-0.2, -0.15) is 0 Å². The molecule has 0 spiro atoms. The fourth-order valence-electron chi connectivity index (χ4n) is 5.80. The summed E-state index contributed by atoms with van der Waals surface area (Å²) in [5.41, 5.74) is 12.4. The quantitative estimate of drug-likeness (QED) is 0.162. The molecule has 3 aromatic heterocycles. The maximum atomic E-state index is 4.95. The highest BCUT2D eigenvalue weighted by Crippen LogP contribution is 2.32. The number of nitrogens with zero attached hydrogens (tertiary/aromatic N) is 3. The first-order valence-electron chi connectivity index (χ1n) is 15.7. The molecule has 4 aromatic carbocycles. The lowest BCUT2D eigenvalue weighted by Crippen LogP contribution is -1.95. The number of allylic oxidation sites excluding steroid dienone is 5. The Morgan fingerprint density at radius 3 is 1.83 bits per heavy atom. The number of pyridine rings is 3. The molecule has 7 rings (SSSR count). The molecule has 0 saturated heterocycles. The fourth-order valence-corrected chi connectivity index (χ4v) is 5.80. The van der Waals surface area contributed by atoms with Gasteiger partial charge >= 0.3 is 0 Å². The zero-order valence-corrected chi connectivity index (χ0v) is 26.2. The predicted molar refractivity (Wildman–Crippen MR) is 198 cm³/mol. The molecular formula is C44H33N3. The minimum Gasteiger partial charge on any atom is -0.255 e. The molecule has 0 aliphatic rings. The van der Waals surface area contributed by atoms with Crippen LogP contribution in [0.4, 0.5) is 0 Å². The van der Waals surface area contributed by atoms with E-state index >= 15 is 0 Å². The largest absolute Gasteiger partial charge is 0.255 e. The molecule has 0 N–H and O–H groups in total. The van der Waals surface area contributed by atoms with Crippen LogP contribution in [-0.2, 0) is 0 Å². The lowest BCUT2D eigenvalue weighted by Gasteiger charge is -2.10. The third-order valence-corrected chi connectivity index (χ3v) is 8.36. The molecule has 3 heteroatoms. The van der Waals surface area contributed by atoms with E-state index in [1.54, 1.807) is 12.3 Å². The Morgan fingerprint density at radius 1 is 0.553 bits per heavy atom. The molecule has 0 aliphatic carbocycles. The Balaban J connectivity index is 1.13. The van der Waals surface area contributed by atoms with Crippen LogP contribution < -0.4 is 0 Å². The number of benzene rings is 4. The van der Waals surface area contributed by atoms with Crippen LogP contribution in [0.2, 0.25) is 0 Å². The Hall–Kier alpha value is -6.19. The van der Waals surface area contributed by atoms with Crippen LogP contribution in [0.25, 0.3) is 72.5 Å². The third-order valence-electron chi connectivity index (χ3n) is 8.36. The van der Waals surface area contributed by atoms with Gasteiger partial charge in [0, 0.05) is 18.0 Å². The Bertz CT molecular complexity index is 2220. The normalized spacial score (nSPS) is 11.6. The summed E-state index contributed by atoms with van der Waals surface area (Å²) in [6.07, 6.45) is 11.5. The molecule has 0 saturated carbocycles. The molecule has 224 valence electrons. The Kier molecular flexibility index (Phi) is 8.44. The van der Waals surface area contributed by atoms with E-state index in [4.69, 9.17) is 9.97 Å². The molecule has 0 atom stereocenters. The maximum Gasteiger partial charge on any atom is 0.0900 e. The predicted octanol–water partition coefficient (Wildman–Crippen LogP) is 11.5. The van der Waals surface area contributed by atoms with Gasteiger partial charge in [0.15, 0.2) is 0 Å². The van der Waals surface area contributed by atoms with Gasteiger partial charge in [0.2, 0.25) is 0 Å². The molecule has 0 fully saturated rings. The average Bonchev–Trinajstić information content (AvgIpc) is 3.15. The van der Waals surface area contributed by atoms with Crippen molar-refractivity contribution in [2.45, 2.75) is 6.92 Å². The first kappa shape index (κ1) is 29.5. The van der Waals surface area contributed by atoms with E-state index in [9.17, 15) is 0 Å². The van der Waals surface area contributed by atoms with Crippen molar-refractivity contribution in [3.05, 3.63) is 182 Å². The maximum absolute atomic E-state index is 4.95. The van der Waals surface area contributed by atoms with Crippen LogP contribution >= 0.6 is 0 Å². The number of hydrogen-bond acceptors (Lipinski definition) is 3. The minimum absolute atomic E-state index is 0.803. The lowest BCUT2D eigenvalue weighted by molar-refractivity contribution is 1.21. The first-order valence-corrected chi connectivity index (χ1v) is 15.7. The van der Waals surface area contributed by atoms with Gasteiger partial charge in [0.1, 0.15) is 0 Å². The van der Waals surface area contributed by atoms with Crippen molar-refractivity contribution in [3.8, 4) is 56.2 Å². The van der Waals surface area contributed by atoms with Crippen LogP contribution in [0.1, 0.15) is 12.5 Å². The molecule has 0 aliphatic heterocycles. The fraction of sp³-hybridized carbons (Fsp3) is 0.0227. The summed E-state index contributed by atoms with van der Waals surface area (Å²) in [7, 11) is 0. The zero-order valence-electron chi connectivity index (χ0n) is 26.2. The number of aromatic nitrogens is 3. The molecule has 3 nitrogen and oxygen atoms in total. The monoisotopic (exact) mass is 603 g/mol. The van der Waals surface area contributed by atoms with Crippen molar-refractivity contribution in [1.29, 1.82) is 0 Å². The summed E-state index contributed by atoms with van der Waals surface area (Å²) in [4.78, 5) is 14.3. The van der Waals surface area contributed by atoms with Crippen molar-refractivity contribution < 1.29 is 0 Å². The van der Waals surface area contributed by atoms with E-state index in [1.807, 2.05) is 42.6 Å².